The van der Waals surface area contributed by atoms with E-state index in [4.69, 9.17) is 13.9 Å². The van der Waals surface area contributed by atoms with Crippen LogP contribution >= 0.6 is 0 Å². The standard InChI is InChI=1S/C20H25NO6/c1-7-15(21-19(24)27-20(4,5)6)18(23)25-13-8-9-14-11(2)12(3)17(22)26-16(14)10-13/h8-10,15H,7H2,1-6H3,(H,21,24)/t15-/m1/s1. The lowest BCUT2D eigenvalue weighted by atomic mass is 10.1. The van der Waals surface area contributed by atoms with Crippen molar-refractivity contribution in [1.29, 1.82) is 0 Å². The van der Waals surface area contributed by atoms with Crippen LogP contribution in [0, 0.1) is 13.8 Å². The van der Waals surface area contributed by atoms with Gasteiger partial charge in [0, 0.05) is 17.0 Å². The maximum absolute atomic E-state index is 12.4. The van der Waals surface area contributed by atoms with Gasteiger partial charge in [-0.05, 0) is 58.7 Å². The topological polar surface area (TPSA) is 94.8 Å². The Morgan fingerprint density at radius 1 is 1.19 bits per heavy atom. The average molecular weight is 375 g/mol. The summed E-state index contributed by atoms with van der Waals surface area (Å²) in [7, 11) is 0. The molecule has 146 valence electrons. The highest BCUT2D eigenvalue weighted by Crippen LogP contribution is 2.24. The van der Waals surface area contributed by atoms with Crippen LogP contribution in [0.25, 0.3) is 11.0 Å². The minimum atomic E-state index is -0.859. The van der Waals surface area contributed by atoms with Crippen LogP contribution in [-0.4, -0.2) is 23.7 Å². The SMILES string of the molecule is CC[C@@H](NC(=O)OC(C)(C)C)C(=O)Oc1ccc2c(C)c(C)c(=O)oc2c1. The molecule has 0 unspecified atom stereocenters. The number of fused-ring (bicyclic) bond motifs is 1. The monoisotopic (exact) mass is 375 g/mol. The summed E-state index contributed by atoms with van der Waals surface area (Å²) in [6.07, 6.45) is -0.360. The summed E-state index contributed by atoms with van der Waals surface area (Å²) < 4.78 is 15.8. The van der Waals surface area contributed by atoms with Gasteiger partial charge in [0.05, 0.1) is 0 Å². The maximum Gasteiger partial charge on any atom is 0.408 e. The van der Waals surface area contributed by atoms with E-state index in [1.165, 1.54) is 6.07 Å². The van der Waals surface area contributed by atoms with E-state index in [1.807, 2.05) is 6.92 Å². The van der Waals surface area contributed by atoms with Crippen molar-refractivity contribution in [3.05, 3.63) is 39.7 Å². The molecule has 7 nitrogen and oxygen atoms in total. The van der Waals surface area contributed by atoms with Crippen LogP contribution in [0.5, 0.6) is 5.75 Å². The van der Waals surface area contributed by atoms with Gasteiger partial charge in [0.2, 0.25) is 0 Å². The zero-order chi connectivity index (χ0) is 20.4. The maximum atomic E-state index is 12.4. The first-order valence-electron chi connectivity index (χ1n) is 8.77. The summed E-state index contributed by atoms with van der Waals surface area (Å²) in [4.78, 5) is 36.1. The highest BCUT2D eigenvalue weighted by molar-refractivity contribution is 5.85. The molecule has 27 heavy (non-hydrogen) atoms. The Hall–Kier alpha value is -2.83. The van der Waals surface area contributed by atoms with E-state index in [1.54, 1.807) is 46.8 Å². The van der Waals surface area contributed by atoms with Gasteiger partial charge in [0.25, 0.3) is 0 Å². The minimum absolute atomic E-state index is 0.225. The van der Waals surface area contributed by atoms with Gasteiger partial charge >= 0.3 is 17.7 Å². The molecular formula is C20H25NO6. The Bertz CT molecular complexity index is 922. The van der Waals surface area contributed by atoms with Gasteiger partial charge < -0.3 is 19.2 Å². The Morgan fingerprint density at radius 3 is 2.44 bits per heavy atom. The molecule has 0 radical (unpaired) electrons. The van der Waals surface area contributed by atoms with E-state index >= 15 is 0 Å². The fraction of sp³-hybridized carbons (Fsp3) is 0.450. The van der Waals surface area contributed by atoms with E-state index in [9.17, 15) is 14.4 Å². The second-order valence-electron chi connectivity index (χ2n) is 7.33. The summed E-state index contributed by atoms with van der Waals surface area (Å²) in [5, 5.41) is 3.27. The molecule has 1 amide bonds. The highest BCUT2D eigenvalue weighted by Gasteiger charge is 2.24. The predicted octanol–water partition coefficient (Wildman–Crippen LogP) is 3.62. The number of benzene rings is 1. The van der Waals surface area contributed by atoms with Crippen LogP contribution in [0.15, 0.2) is 27.4 Å². The van der Waals surface area contributed by atoms with Crippen molar-refractivity contribution in [2.24, 2.45) is 0 Å². The van der Waals surface area contributed by atoms with Crippen LogP contribution in [-0.2, 0) is 9.53 Å². The molecule has 0 saturated heterocycles. The third-order valence-corrected chi connectivity index (χ3v) is 4.03. The van der Waals surface area contributed by atoms with Gasteiger partial charge in [-0.15, -0.1) is 0 Å². The Morgan fingerprint density at radius 2 is 1.85 bits per heavy atom. The van der Waals surface area contributed by atoms with Crippen molar-refractivity contribution in [2.75, 3.05) is 0 Å². The fourth-order valence-corrected chi connectivity index (χ4v) is 2.46. The Labute approximate surface area is 157 Å². The van der Waals surface area contributed by atoms with Crippen molar-refractivity contribution in [2.45, 2.75) is 59.6 Å². The van der Waals surface area contributed by atoms with Gasteiger partial charge in [-0.2, -0.15) is 0 Å². The first kappa shape index (κ1) is 20.5. The Kier molecular flexibility index (Phi) is 5.93. The molecule has 1 heterocycles. The Balaban J connectivity index is 2.17. The van der Waals surface area contributed by atoms with Crippen molar-refractivity contribution >= 4 is 23.0 Å². The molecule has 0 aliphatic rings. The van der Waals surface area contributed by atoms with Crippen molar-refractivity contribution in [3.8, 4) is 5.75 Å². The van der Waals surface area contributed by atoms with Gasteiger partial charge in [-0.3, -0.25) is 0 Å². The molecular weight excluding hydrogens is 350 g/mol. The second kappa shape index (κ2) is 7.82. The summed E-state index contributed by atoms with van der Waals surface area (Å²) in [5.41, 5.74) is 0.595. The zero-order valence-corrected chi connectivity index (χ0v) is 16.5. The highest BCUT2D eigenvalue weighted by atomic mass is 16.6. The number of amides is 1. The van der Waals surface area contributed by atoms with Crippen molar-refractivity contribution in [3.63, 3.8) is 0 Å². The van der Waals surface area contributed by atoms with Crippen LogP contribution in [0.2, 0.25) is 0 Å². The van der Waals surface area contributed by atoms with E-state index in [0.717, 1.165) is 10.9 Å². The van der Waals surface area contributed by atoms with E-state index < -0.39 is 29.3 Å². The number of rotatable bonds is 4. The lowest BCUT2D eigenvalue weighted by Gasteiger charge is -2.22. The molecule has 0 saturated carbocycles. The number of alkyl carbamates (subject to hydrolysis) is 1. The molecule has 1 aromatic carbocycles. The summed E-state index contributed by atoms with van der Waals surface area (Å²) in [6.45, 7) is 10.5. The number of aryl methyl sites for hydroxylation is 1. The third kappa shape index (κ3) is 5.09. The van der Waals surface area contributed by atoms with Crippen LogP contribution in [0.1, 0.15) is 45.2 Å². The summed E-state index contributed by atoms with van der Waals surface area (Å²) in [6, 6.07) is 3.97. The van der Waals surface area contributed by atoms with E-state index in [0.29, 0.717) is 17.6 Å². The molecule has 0 bridgehead atoms. The number of hydrogen-bond acceptors (Lipinski definition) is 6. The molecule has 2 rings (SSSR count). The summed E-state index contributed by atoms with van der Waals surface area (Å²) >= 11 is 0. The molecule has 0 spiro atoms. The van der Waals surface area contributed by atoms with Crippen LogP contribution in [0.4, 0.5) is 4.79 Å². The second-order valence-corrected chi connectivity index (χ2v) is 7.33. The molecule has 7 heteroatoms. The third-order valence-electron chi connectivity index (χ3n) is 4.03. The van der Waals surface area contributed by atoms with Crippen LogP contribution in [0.3, 0.4) is 0 Å². The number of ether oxygens (including phenoxy) is 2. The van der Waals surface area contributed by atoms with E-state index in [-0.39, 0.29) is 5.75 Å². The molecule has 0 aliphatic carbocycles. The molecule has 0 aliphatic heterocycles. The van der Waals surface area contributed by atoms with Crippen LogP contribution < -0.4 is 15.7 Å². The van der Waals surface area contributed by atoms with Gasteiger partial charge in [0.1, 0.15) is 23.0 Å². The average Bonchev–Trinajstić information content (AvgIpc) is 2.55. The quantitative estimate of drug-likeness (QED) is 0.498. The van der Waals surface area contributed by atoms with Crippen molar-refractivity contribution in [1.82, 2.24) is 5.32 Å². The molecule has 2 aromatic rings. The number of hydrogen-bond donors (Lipinski definition) is 1. The number of esters is 1. The molecule has 0 fully saturated rings. The van der Waals surface area contributed by atoms with Crippen molar-refractivity contribution < 1.29 is 23.5 Å². The summed E-state index contributed by atoms with van der Waals surface area (Å²) in [5.74, 6) is -0.405. The fourth-order valence-electron chi connectivity index (χ4n) is 2.46. The minimum Gasteiger partial charge on any atom is -0.444 e. The largest absolute Gasteiger partial charge is 0.444 e. The van der Waals surface area contributed by atoms with Gasteiger partial charge in [-0.1, -0.05) is 6.92 Å². The predicted molar refractivity (Wildman–Crippen MR) is 101 cm³/mol. The van der Waals surface area contributed by atoms with Gasteiger partial charge in [-0.25, -0.2) is 14.4 Å². The smallest absolute Gasteiger partial charge is 0.408 e. The number of carbonyl (C=O) groups is 2. The number of nitrogens with one attached hydrogen (secondary N) is 1. The molecule has 1 atom stereocenters. The first-order chi connectivity index (χ1) is 12.5. The van der Waals surface area contributed by atoms with E-state index in [2.05, 4.69) is 5.32 Å². The molecule has 1 aromatic heterocycles. The first-order valence-corrected chi connectivity index (χ1v) is 8.77. The lowest BCUT2D eigenvalue weighted by molar-refractivity contribution is -0.136. The normalized spacial score (nSPS) is 12.5. The van der Waals surface area contributed by atoms with Gasteiger partial charge in [0.15, 0.2) is 0 Å². The lowest BCUT2D eigenvalue weighted by Crippen LogP contribution is -2.44. The molecule has 1 N–H and O–H groups in total. The number of carbonyl (C=O) groups excluding carboxylic acids is 2. The zero-order valence-electron chi connectivity index (χ0n) is 16.5.